The van der Waals surface area contributed by atoms with Gasteiger partial charge in [-0.2, -0.15) is 0 Å². The van der Waals surface area contributed by atoms with Gasteiger partial charge < -0.3 is 10.1 Å². The molecule has 3 heteroatoms. The summed E-state index contributed by atoms with van der Waals surface area (Å²) in [6.07, 6.45) is 4.90. The lowest BCUT2D eigenvalue weighted by Crippen LogP contribution is -1.92. The Balaban J connectivity index is 0.000000362. The number of rotatable bonds is 4. The predicted molar refractivity (Wildman–Crippen MR) is 82.3 cm³/mol. The molecule has 0 aromatic carbocycles. The van der Waals surface area contributed by atoms with Crippen molar-refractivity contribution in [3.05, 3.63) is 35.7 Å². The quantitative estimate of drug-likeness (QED) is 0.815. The molecule has 0 aliphatic heterocycles. The number of aromatic nitrogens is 1. The predicted octanol–water partition coefficient (Wildman–Crippen LogP) is 4.45. The third-order valence-electron chi connectivity index (χ3n) is 2.84. The van der Waals surface area contributed by atoms with E-state index in [1.165, 1.54) is 11.8 Å². The number of hydrogen-bond donors (Lipinski definition) is 1. The first-order valence-electron chi connectivity index (χ1n) is 6.59. The summed E-state index contributed by atoms with van der Waals surface area (Å²) in [6.45, 7) is 10.5. The van der Waals surface area contributed by atoms with Crippen molar-refractivity contribution in [1.29, 1.82) is 5.41 Å². The van der Waals surface area contributed by atoms with Gasteiger partial charge in [-0.3, -0.25) is 4.98 Å². The van der Waals surface area contributed by atoms with E-state index in [0.29, 0.717) is 11.8 Å². The zero-order valence-electron chi connectivity index (χ0n) is 12.9. The maximum absolute atomic E-state index is 6.72. The third kappa shape index (κ3) is 7.39. The molecule has 19 heavy (non-hydrogen) atoms. The second-order valence-corrected chi connectivity index (χ2v) is 5.01. The first kappa shape index (κ1) is 17.4. The number of methoxy groups -OCH3 is 1. The highest BCUT2D eigenvalue weighted by atomic mass is 16.5. The summed E-state index contributed by atoms with van der Waals surface area (Å²) < 4.78 is 4.99. The van der Waals surface area contributed by atoms with E-state index in [1.54, 1.807) is 13.3 Å². The summed E-state index contributed by atoms with van der Waals surface area (Å²) in [7, 11) is 1.64. The molecule has 0 aliphatic rings. The van der Waals surface area contributed by atoms with Gasteiger partial charge in [0.15, 0.2) is 0 Å². The smallest absolute Gasteiger partial charge is 0.137 e. The highest BCUT2D eigenvalue weighted by Gasteiger charge is 1.99. The lowest BCUT2D eigenvalue weighted by molar-refractivity contribution is 0.412. The Kier molecular flexibility index (Phi) is 8.51. The molecule has 1 rings (SSSR count). The van der Waals surface area contributed by atoms with Crippen molar-refractivity contribution in [2.45, 2.75) is 40.5 Å². The molecule has 1 aromatic rings. The Hall–Kier alpha value is -1.64. The van der Waals surface area contributed by atoms with E-state index in [2.05, 4.69) is 32.7 Å². The molecule has 1 heterocycles. The molecular formula is C16H26N2O. The van der Waals surface area contributed by atoms with Gasteiger partial charge in [0.2, 0.25) is 0 Å². The molecule has 0 aliphatic carbocycles. The zero-order chi connectivity index (χ0) is 14.8. The Labute approximate surface area is 117 Å². The van der Waals surface area contributed by atoms with Gasteiger partial charge in [-0.05, 0) is 37.0 Å². The topological polar surface area (TPSA) is 46.0 Å². The van der Waals surface area contributed by atoms with Crippen LogP contribution in [-0.2, 0) is 0 Å². The third-order valence-corrected chi connectivity index (χ3v) is 2.84. The Morgan fingerprint density at radius 3 is 2.16 bits per heavy atom. The molecule has 0 unspecified atom stereocenters. The minimum Gasteiger partial charge on any atom is -0.495 e. The maximum Gasteiger partial charge on any atom is 0.137 e. The molecule has 106 valence electrons. The molecule has 0 fully saturated rings. The van der Waals surface area contributed by atoms with Crippen LogP contribution in [0.5, 0.6) is 5.75 Å². The van der Waals surface area contributed by atoms with E-state index < -0.39 is 0 Å². The highest BCUT2D eigenvalue weighted by Crippen LogP contribution is 2.14. The average Bonchev–Trinajstić information content (AvgIpc) is 2.39. The van der Waals surface area contributed by atoms with Crippen molar-refractivity contribution in [1.82, 2.24) is 4.98 Å². The van der Waals surface area contributed by atoms with Crippen LogP contribution in [0.2, 0.25) is 0 Å². The summed E-state index contributed by atoms with van der Waals surface area (Å²) in [5.74, 6) is 1.88. The van der Waals surface area contributed by atoms with Crippen molar-refractivity contribution in [2.75, 3.05) is 7.11 Å². The molecule has 0 spiro atoms. The van der Waals surface area contributed by atoms with E-state index in [0.717, 1.165) is 11.4 Å². The van der Waals surface area contributed by atoms with Crippen LogP contribution in [0, 0.1) is 11.3 Å². The number of ether oxygens (including phenoxy) is 1. The van der Waals surface area contributed by atoms with E-state index in [9.17, 15) is 0 Å². The fourth-order valence-corrected chi connectivity index (χ4v) is 1.18. The van der Waals surface area contributed by atoms with Gasteiger partial charge in [0.1, 0.15) is 5.75 Å². The standard InChI is InChI=1S/C9H13NO.C7H13N/c1-7(2)9-5-4-8(11-3)6-10-9;1-6(2)7(3)4-5-8/h4-7H,1-3H3;4-6,8H,1-3H3/b;7-4+,8-5?. The Bertz CT molecular complexity index is 392. The molecule has 0 amide bonds. The van der Waals surface area contributed by atoms with Crippen molar-refractivity contribution in [3.63, 3.8) is 0 Å². The first-order chi connectivity index (χ1) is 8.92. The van der Waals surface area contributed by atoms with Crippen molar-refractivity contribution in [3.8, 4) is 5.75 Å². The number of nitrogens with one attached hydrogen (secondary N) is 1. The van der Waals surface area contributed by atoms with Gasteiger partial charge in [-0.15, -0.1) is 0 Å². The van der Waals surface area contributed by atoms with Crippen LogP contribution in [0.1, 0.15) is 46.2 Å². The van der Waals surface area contributed by atoms with Crippen LogP contribution in [0.4, 0.5) is 0 Å². The van der Waals surface area contributed by atoms with Gasteiger partial charge in [0, 0.05) is 11.9 Å². The van der Waals surface area contributed by atoms with Crippen LogP contribution in [0.3, 0.4) is 0 Å². The Morgan fingerprint density at radius 2 is 1.89 bits per heavy atom. The SMILES string of the molecule is C/C(=C\C=N)C(C)C.COc1ccc(C(C)C)nc1. The molecule has 0 atom stereocenters. The average molecular weight is 262 g/mol. The summed E-state index contributed by atoms with van der Waals surface area (Å²) in [5, 5.41) is 6.72. The number of hydrogen-bond acceptors (Lipinski definition) is 3. The van der Waals surface area contributed by atoms with Crippen LogP contribution in [-0.4, -0.2) is 18.3 Å². The van der Waals surface area contributed by atoms with Crippen molar-refractivity contribution in [2.24, 2.45) is 5.92 Å². The van der Waals surface area contributed by atoms with E-state index in [1.807, 2.05) is 25.1 Å². The summed E-state index contributed by atoms with van der Waals surface area (Å²) in [6, 6.07) is 3.92. The van der Waals surface area contributed by atoms with Gasteiger partial charge in [0.05, 0.1) is 13.3 Å². The molecule has 0 saturated carbocycles. The number of pyridine rings is 1. The van der Waals surface area contributed by atoms with Crippen LogP contribution in [0.15, 0.2) is 30.0 Å². The first-order valence-corrected chi connectivity index (χ1v) is 6.59. The van der Waals surface area contributed by atoms with Gasteiger partial charge in [-0.25, -0.2) is 0 Å². The lowest BCUT2D eigenvalue weighted by Gasteiger charge is -2.04. The van der Waals surface area contributed by atoms with Gasteiger partial charge >= 0.3 is 0 Å². The molecule has 1 N–H and O–H groups in total. The second kappa shape index (κ2) is 9.31. The van der Waals surface area contributed by atoms with Crippen molar-refractivity contribution >= 4 is 6.21 Å². The van der Waals surface area contributed by atoms with Gasteiger partial charge in [-0.1, -0.05) is 33.3 Å². The molecular weight excluding hydrogens is 236 g/mol. The molecule has 3 nitrogen and oxygen atoms in total. The largest absolute Gasteiger partial charge is 0.495 e. The molecule has 1 aromatic heterocycles. The van der Waals surface area contributed by atoms with Crippen LogP contribution >= 0.6 is 0 Å². The monoisotopic (exact) mass is 262 g/mol. The van der Waals surface area contributed by atoms with E-state index >= 15 is 0 Å². The summed E-state index contributed by atoms with van der Waals surface area (Å²) in [5.41, 5.74) is 2.37. The fraction of sp³-hybridized carbons (Fsp3) is 0.500. The van der Waals surface area contributed by atoms with E-state index in [-0.39, 0.29) is 0 Å². The summed E-state index contributed by atoms with van der Waals surface area (Å²) >= 11 is 0. The van der Waals surface area contributed by atoms with Crippen molar-refractivity contribution < 1.29 is 4.74 Å². The highest BCUT2D eigenvalue weighted by molar-refractivity contribution is 5.68. The van der Waals surface area contributed by atoms with Crippen LogP contribution in [0.25, 0.3) is 0 Å². The second-order valence-electron chi connectivity index (χ2n) is 5.01. The fourth-order valence-electron chi connectivity index (χ4n) is 1.18. The number of allylic oxidation sites excluding steroid dienone is 2. The minimum absolute atomic E-state index is 0.487. The molecule has 0 saturated heterocycles. The maximum atomic E-state index is 6.72. The molecule has 0 radical (unpaired) electrons. The molecule has 0 bridgehead atoms. The van der Waals surface area contributed by atoms with E-state index in [4.69, 9.17) is 10.1 Å². The lowest BCUT2D eigenvalue weighted by atomic mass is 10.1. The summed E-state index contributed by atoms with van der Waals surface area (Å²) in [4.78, 5) is 4.22. The number of nitrogens with zero attached hydrogens (tertiary/aromatic N) is 1. The Morgan fingerprint density at radius 1 is 1.26 bits per heavy atom. The normalized spacial score (nSPS) is 11.1. The zero-order valence-corrected chi connectivity index (χ0v) is 12.9. The van der Waals surface area contributed by atoms with Crippen LogP contribution < -0.4 is 4.74 Å². The minimum atomic E-state index is 0.487. The van der Waals surface area contributed by atoms with Gasteiger partial charge in [0.25, 0.3) is 0 Å².